The van der Waals surface area contributed by atoms with E-state index in [4.69, 9.17) is 14.6 Å². The largest absolute Gasteiger partial charge is 0.493 e. The second-order valence-electron chi connectivity index (χ2n) is 6.90. The van der Waals surface area contributed by atoms with Crippen molar-refractivity contribution in [2.75, 3.05) is 27.3 Å². The van der Waals surface area contributed by atoms with Crippen LogP contribution in [0.15, 0.2) is 23.3 Å². The van der Waals surface area contributed by atoms with Gasteiger partial charge in [-0.2, -0.15) is 5.10 Å². The van der Waals surface area contributed by atoms with Crippen LogP contribution in [0.25, 0.3) is 0 Å². The summed E-state index contributed by atoms with van der Waals surface area (Å²) in [5, 5.41) is 6.52. The van der Waals surface area contributed by atoms with Crippen molar-refractivity contribution in [1.82, 2.24) is 9.91 Å². The van der Waals surface area contributed by atoms with E-state index in [0.717, 1.165) is 31.5 Å². The molecule has 25 heavy (non-hydrogen) atoms. The van der Waals surface area contributed by atoms with Crippen LogP contribution in [0.3, 0.4) is 0 Å². The molecule has 6 heteroatoms. The van der Waals surface area contributed by atoms with Crippen molar-refractivity contribution in [2.24, 2.45) is 11.0 Å². The lowest BCUT2D eigenvalue weighted by Crippen LogP contribution is -2.56. The Morgan fingerprint density at radius 1 is 1.20 bits per heavy atom. The van der Waals surface area contributed by atoms with Crippen LogP contribution in [0.1, 0.15) is 37.8 Å². The van der Waals surface area contributed by atoms with Gasteiger partial charge in [-0.25, -0.2) is 5.01 Å². The number of benzene rings is 1. The van der Waals surface area contributed by atoms with E-state index in [1.54, 1.807) is 19.2 Å². The Morgan fingerprint density at radius 3 is 2.60 bits per heavy atom. The third kappa shape index (κ3) is 2.42. The van der Waals surface area contributed by atoms with E-state index in [-0.39, 0.29) is 18.0 Å². The molecule has 5 rings (SSSR count). The van der Waals surface area contributed by atoms with E-state index in [0.29, 0.717) is 23.8 Å². The Kier molecular flexibility index (Phi) is 4.15. The minimum Gasteiger partial charge on any atom is -0.493 e. The summed E-state index contributed by atoms with van der Waals surface area (Å²) >= 11 is 0. The lowest BCUT2D eigenvalue weighted by Gasteiger charge is -2.46. The van der Waals surface area contributed by atoms with Crippen molar-refractivity contribution >= 4 is 11.6 Å². The zero-order valence-corrected chi connectivity index (χ0v) is 15.1. The van der Waals surface area contributed by atoms with Gasteiger partial charge in [-0.05, 0) is 32.0 Å². The highest BCUT2D eigenvalue weighted by molar-refractivity contribution is 5.97. The first kappa shape index (κ1) is 16.4. The second-order valence-corrected chi connectivity index (χ2v) is 6.90. The van der Waals surface area contributed by atoms with E-state index >= 15 is 0 Å². The molecule has 1 aromatic rings. The highest BCUT2D eigenvalue weighted by Crippen LogP contribution is 2.47. The fourth-order valence-corrected chi connectivity index (χ4v) is 4.54. The number of carbonyl (C=O) groups excluding carboxylic acids is 1. The third-order valence-electron chi connectivity index (χ3n) is 5.74. The molecule has 0 N–H and O–H groups in total. The number of hydrogen-bond donors (Lipinski definition) is 0. The molecule has 0 radical (unpaired) electrons. The quantitative estimate of drug-likeness (QED) is 0.843. The van der Waals surface area contributed by atoms with Crippen LogP contribution in [0.2, 0.25) is 0 Å². The molecule has 6 nitrogen and oxygen atoms in total. The molecule has 0 aromatic heterocycles. The zero-order chi connectivity index (χ0) is 17.6. The molecular weight excluding hydrogens is 318 g/mol. The Balaban J connectivity index is 1.83. The molecule has 4 aliphatic rings. The van der Waals surface area contributed by atoms with Gasteiger partial charge < -0.3 is 9.47 Å². The summed E-state index contributed by atoms with van der Waals surface area (Å²) in [6.45, 7) is 4.04. The van der Waals surface area contributed by atoms with Gasteiger partial charge in [0, 0.05) is 17.9 Å². The molecule has 1 amide bonds. The smallest absolute Gasteiger partial charge is 0.243 e. The number of piperidine rings is 3. The van der Waals surface area contributed by atoms with Crippen molar-refractivity contribution in [1.29, 1.82) is 0 Å². The summed E-state index contributed by atoms with van der Waals surface area (Å²) < 4.78 is 11.1. The number of nitrogens with zero attached hydrogens (tertiary/aromatic N) is 3. The first-order valence-corrected chi connectivity index (χ1v) is 9.05. The number of rotatable bonds is 4. The van der Waals surface area contributed by atoms with Crippen LogP contribution in [0, 0.1) is 5.92 Å². The zero-order valence-electron chi connectivity index (χ0n) is 15.1. The lowest BCUT2D eigenvalue weighted by molar-refractivity contribution is -0.133. The van der Waals surface area contributed by atoms with Gasteiger partial charge in [0.15, 0.2) is 11.5 Å². The minimum absolute atomic E-state index is 0.0531. The van der Waals surface area contributed by atoms with E-state index in [1.807, 2.05) is 25.1 Å². The highest BCUT2D eigenvalue weighted by atomic mass is 16.5. The maximum absolute atomic E-state index is 12.7. The van der Waals surface area contributed by atoms with Crippen LogP contribution in [-0.2, 0) is 4.79 Å². The Bertz CT molecular complexity index is 710. The molecular formula is C19H25N3O3. The molecule has 1 aromatic carbocycles. The summed E-state index contributed by atoms with van der Waals surface area (Å²) in [5.41, 5.74) is 2.15. The van der Waals surface area contributed by atoms with Gasteiger partial charge in [0.05, 0.1) is 26.0 Å². The van der Waals surface area contributed by atoms with E-state index in [9.17, 15) is 4.79 Å². The third-order valence-corrected chi connectivity index (χ3v) is 5.74. The Labute approximate surface area is 148 Å². The summed E-state index contributed by atoms with van der Waals surface area (Å²) in [7, 11) is 3.29. The number of amides is 1. The van der Waals surface area contributed by atoms with Crippen LogP contribution in [0.4, 0.5) is 0 Å². The number of hydrogen-bond acceptors (Lipinski definition) is 5. The maximum atomic E-state index is 12.7. The second kappa shape index (κ2) is 6.33. The van der Waals surface area contributed by atoms with E-state index < -0.39 is 0 Å². The van der Waals surface area contributed by atoms with Crippen LogP contribution in [-0.4, -0.2) is 54.9 Å². The molecule has 2 atom stereocenters. The number of carbonyl (C=O) groups is 1. The Morgan fingerprint density at radius 2 is 1.96 bits per heavy atom. The van der Waals surface area contributed by atoms with E-state index in [1.165, 1.54) is 5.71 Å². The first-order valence-electron chi connectivity index (χ1n) is 9.05. The van der Waals surface area contributed by atoms with Gasteiger partial charge in [0.25, 0.3) is 0 Å². The predicted octanol–water partition coefficient (Wildman–Crippen LogP) is 2.45. The van der Waals surface area contributed by atoms with Crippen LogP contribution >= 0.6 is 0 Å². The van der Waals surface area contributed by atoms with Crippen LogP contribution in [0.5, 0.6) is 11.5 Å². The Hall–Kier alpha value is -2.08. The SMILES string of the molecule is CCC(=O)N1N=C2C3CCN(CC3)C2C1c1cccc(OC)c1OC. The first-order chi connectivity index (χ1) is 12.2. The number of ether oxygens (including phenoxy) is 2. The van der Waals surface area contributed by atoms with Gasteiger partial charge in [-0.3, -0.25) is 9.69 Å². The topological polar surface area (TPSA) is 54.4 Å². The summed E-state index contributed by atoms with van der Waals surface area (Å²) in [6.07, 6.45) is 2.73. The molecule has 2 unspecified atom stereocenters. The maximum Gasteiger partial charge on any atom is 0.243 e. The number of methoxy groups -OCH3 is 2. The number of para-hydroxylation sites is 1. The molecule has 134 valence electrons. The monoisotopic (exact) mass is 343 g/mol. The average Bonchev–Trinajstić information content (AvgIpc) is 3.10. The predicted molar refractivity (Wildman–Crippen MR) is 94.9 cm³/mol. The van der Waals surface area contributed by atoms with Gasteiger partial charge in [0.1, 0.15) is 6.04 Å². The molecule has 4 aliphatic heterocycles. The average molecular weight is 343 g/mol. The van der Waals surface area contributed by atoms with Crippen LogP contribution < -0.4 is 9.47 Å². The van der Waals surface area contributed by atoms with Crippen molar-refractivity contribution in [3.63, 3.8) is 0 Å². The van der Waals surface area contributed by atoms with E-state index in [2.05, 4.69) is 4.90 Å². The van der Waals surface area contributed by atoms with Crippen molar-refractivity contribution in [3.05, 3.63) is 23.8 Å². The number of hydrazone groups is 1. The summed E-state index contributed by atoms with van der Waals surface area (Å²) in [5.74, 6) is 1.94. The fraction of sp³-hybridized carbons (Fsp3) is 0.579. The molecule has 3 saturated heterocycles. The van der Waals surface area contributed by atoms with Gasteiger partial charge in [0.2, 0.25) is 5.91 Å². The number of fused-ring (bicyclic) bond motifs is 2. The van der Waals surface area contributed by atoms with Crippen molar-refractivity contribution in [3.8, 4) is 11.5 Å². The standard InChI is InChI=1S/C19H25N3O3/c1-4-15(23)22-17(13-6-5-7-14(24-2)19(13)25-3)18-16(20-22)12-8-10-21(18)11-9-12/h5-7,12,17-18H,4,8-11H2,1-3H3. The molecule has 0 saturated carbocycles. The van der Waals surface area contributed by atoms with Gasteiger partial charge in [-0.15, -0.1) is 0 Å². The molecule has 0 aliphatic carbocycles. The molecule has 2 bridgehead atoms. The lowest BCUT2D eigenvalue weighted by atomic mass is 9.78. The van der Waals surface area contributed by atoms with Crippen molar-refractivity contribution < 1.29 is 14.3 Å². The highest BCUT2D eigenvalue weighted by Gasteiger charge is 2.51. The minimum atomic E-state index is -0.143. The fourth-order valence-electron chi connectivity index (χ4n) is 4.54. The van der Waals surface area contributed by atoms with Gasteiger partial charge >= 0.3 is 0 Å². The molecule has 4 heterocycles. The van der Waals surface area contributed by atoms with Gasteiger partial charge in [-0.1, -0.05) is 19.1 Å². The molecule has 3 fully saturated rings. The normalized spacial score (nSPS) is 30.0. The molecule has 0 spiro atoms. The summed E-state index contributed by atoms with van der Waals surface area (Å²) in [6, 6.07) is 5.89. The van der Waals surface area contributed by atoms with Crippen molar-refractivity contribution in [2.45, 2.75) is 38.3 Å². The summed E-state index contributed by atoms with van der Waals surface area (Å²) in [4.78, 5) is 15.1.